The molecule has 1 atom stereocenters. The van der Waals surface area contributed by atoms with Crippen molar-refractivity contribution in [3.8, 4) is 0 Å². The molecule has 0 radical (unpaired) electrons. The van der Waals surface area contributed by atoms with Gasteiger partial charge < -0.3 is 15.0 Å². The molecule has 2 heterocycles. The van der Waals surface area contributed by atoms with Crippen LogP contribution in [0.4, 0.5) is 5.13 Å². The second-order valence-electron chi connectivity index (χ2n) is 4.62. The molecule has 1 aliphatic heterocycles. The average Bonchev–Trinajstić information content (AvgIpc) is 2.79. The maximum absolute atomic E-state index is 5.72. The Bertz CT molecular complexity index is 495. The van der Waals surface area contributed by atoms with Crippen molar-refractivity contribution in [1.29, 1.82) is 0 Å². The molecule has 1 N–H and O–H groups in total. The molecule has 1 fully saturated rings. The SMILES string of the molecule is CN1CCOC(CNc2nc3ccccc3s2)C1. The summed E-state index contributed by atoms with van der Waals surface area (Å²) < 4.78 is 6.94. The van der Waals surface area contributed by atoms with Crippen LogP contribution >= 0.6 is 11.3 Å². The molecule has 3 rings (SSSR count). The number of ether oxygens (including phenoxy) is 1. The highest BCUT2D eigenvalue weighted by atomic mass is 32.1. The zero-order valence-electron chi connectivity index (χ0n) is 10.4. The molecule has 1 aliphatic rings. The number of morpholine rings is 1. The van der Waals surface area contributed by atoms with Gasteiger partial charge in [0.1, 0.15) is 0 Å². The summed E-state index contributed by atoms with van der Waals surface area (Å²) in [5.41, 5.74) is 1.06. The number of hydrogen-bond donors (Lipinski definition) is 1. The summed E-state index contributed by atoms with van der Waals surface area (Å²) in [6, 6.07) is 8.21. The van der Waals surface area contributed by atoms with E-state index in [1.54, 1.807) is 11.3 Å². The fourth-order valence-electron chi connectivity index (χ4n) is 2.14. The van der Waals surface area contributed by atoms with E-state index in [-0.39, 0.29) is 6.10 Å². The second kappa shape index (κ2) is 5.22. The van der Waals surface area contributed by atoms with E-state index < -0.39 is 0 Å². The third kappa shape index (κ3) is 2.63. The van der Waals surface area contributed by atoms with Gasteiger partial charge >= 0.3 is 0 Å². The molecule has 1 aromatic heterocycles. The molecule has 1 saturated heterocycles. The Kier molecular flexibility index (Phi) is 3.45. The fourth-order valence-corrected chi connectivity index (χ4v) is 3.01. The minimum Gasteiger partial charge on any atom is -0.374 e. The van der Waals surface area contributed by atoms with E-state index in [1.165, 1.54) is 4.70 Å². The zero-order valence-corrected chi connectivity index (χ0v) is 11.2. The van der Waals surface area contributed by atoms with E-state index in [4.69, 9.17) is 4.74 Å². The monoisotopic (exact) mass is 263 g/mol. The predicted molar refractivity (Wildman–Crippen MR) is 75.3 cm³/mol. The van der Waals surface area contributed by atoms with Gasteiger partial charge in [-0.1, -0.05) is 23.5 Å². The fraction of sp³-hybridized carbons (Fsp3) is 0.462. The summed E-state index contributed by atoms with van der Waals surface area (Å²) in [6.07, 6.45) is 0.260. The van der Waals surface area contributed by atoms with Crippen LogP contribution in [-0.4, -0.2) is 49.3 Å². The summed E-state index contributed by atoms with van der Waals surface area (Å²) in [7, 11) is 2.13. The first-order valence-electron chi connectivity index (χ1n) is 6.21. The number of aromatic nitrogens is 1. The van der Waals surface area contributed by atoms with Gasteiger partial charge in [0.2, 0.25) is 0 Å². The van der Waals surface area contributed by atoms with Crippen LogP contribution in [0.2, 0.25) is 0 Å². The molecule has 0 saturated carbocycles. The van der Waals surface area contributed by atoms with Gasteiger partial charge in [-0.05, 0) is 19.2 Å². The van der Waals surface area contributed by atoms with Crippen LogP contribution in [-0.2, 0) is 4.74 Å². The quantitative estimate of drug-likeness (QED) is 0.919. The smallest absolute Gasteiger partial charge is 0.183 e. The first kappa shape index (κ1) is 11.9. The van der Waals surface area contributed by atoms with Gasteiger partial charge in [-0.3, -0.25) is 0 Å². The molecule has 0 aliphatic carbocycles. The summed E-state index contributed by atoms with van der Waals surface area (Å²) in [4.78, 5) is 6.85. The Labute approximate surface area is 111 Å². The van der Waals surface area contributed by atoms with Gasteiger partial charge in [0, 0.05) is 19.6 Å². The molecule has 96 valence electrons. The third-order valence-electron chi connectivity index (χ3n) is 3.12. The van der Waals surface area contributed by atoms with Crippen LogP contribution < -0.4 is 5.32 Å². The van der Waals surface area contributed by atoms with Crippen LogP contribution in [0.15, 0.2) is 24.3 Å². The summed E-state index contributed by atoms with van der Waals surface area (Å²) in [5.74, 6) is 0. The average molecular weight is 263 g/mol. The number of nitrogens with one attached hydrogen (secondary N) is 1. The highest BCUT2D eigenvalue weighted by molar-refractivity contribution is 7.22. The second-order valence-corrected chi connectivity index (χ2v) is 5.65. The molecule has 1 aromatic carbocycles. The molecule has 5 heteroatoms. The van der Waals surface area contributed by atoms with E-state index in [2.05, 4.69) is 28.3 Å². The van der Waals surface area contributed by atoms with Gasteiger partial charge in [-0.25, -0.2) is 4.98 Å². The van der Waals surface area contributed by atoms with Crippen molar-refractivity contribution in [3.63, 3.8) is 0 Å². The van der Waals surface area contributed by atoms with E-state index in [0.717, 1.165) is 36.9 Å². The van der Waals surface area contributed by atoms with Crippen LogP contribution in [0.1, 0.15) is 0 Å². The normalized spacial score (nSPS) is 21.3. The Hall–Kier alpha value is -1.17. The number of thiazole rings is 1. The predicted octanol–water partition coefficient (Wildman–Crippen LogP) is 2.04. The van der Waals surface area contributed by atoms with E-state index in [9.17, 15) is 0 Å². The highest BCUT2D eigenvalue weighted by Gasteiger charge is 2.17. The third-order valence-corrected chi connectivity index (χ3v) is 4.11. The summed E-state index contributed by atoms with van der Waals surface area (Å²) in [6.45, 7) is 3.66. The van der Waals surface area contributed by atoms with Crippen LogP contribution in [0.25, 0.3) is 10.2 Å². The first-order valence-corrected chi connectivity index (χ1v) is 7.02. The maximum Gasteiger partial charge on any atom is 0.183 e. The number of fused-ring (bicyclic) bond motifs is 1. The van der Waals surface area contributed by atoms with Gasteiger partial charge in [0.25, 0.3) is 0 Å². The Balaban J connectivity index is 1.62. The number of anilines is 1. The number of benzene rings is 1. The van der Waals surface area contributed by atoms with E-state index in [1.807, 2.05) is 18.2 Å². The lowest BCUT2D eigenvalue weighted by atomic mass is 10.3. The number of para-hydroxylation sites is 1. The molecule has 2 aromatic rings. The summed E-state index contributed by atoms with van der Waals surface area (Å²) in [5, 5.41) is 4.36. The van der Waals surface area contributed by atoms with Crippen LogP contribution in [0.5, 0.6) is 0 Å². The van der Waals surface area contributed by atoms with Crippen molar-refractivity contribution in [2.24, 2.45) is 0 Å². The Morgan fingerprint density at radius 2 is 2.39 bits per heavy atom. The first-order chi connectivity index (χ1) is 8.81. The molecule has 0 bridgehead atoms. The van der Waals surface area contributed by atoms with Gasteiger partial charge in [-0.2, -0.15) is 0 Å². The standard InChI is InChI=1S/C13H17N3OS/c1-16-6-7-17-10(9-16)8-14-13-15-11-4-2-3-5-12(11)18-13/h2-5,10H,6-9H2,1H3,(H,14,15). The molecular formula is C13H17N3OS. The van der Waals surface area contributed by atoms with Crippen molar-refractivity contribution in [2.75, 3.05) is 38.6 Å². The molecule has 18 heavy (non-hydrogen) atoms. The van der Waals surface area contributed by atoms with Crippen molar-refractivity contribution < 1.29 is 4.74 Å². The zero-order chi connectivity index (χ0) is 12.4. The minimum atomic E-state index is 0.260. The van der Waals surface area contributed by atoms with Crippen molar-refractivity contribution in [3.05, 3.63) is 24.3 Å². The van der Waals surface area contributed by atoms with Crippen molar-refractivity contribution in [1.82, 2.24) is 9.88 Å². The number of rotatable bonds is 3. The van der Waals surface area contributed by atoms with Crippen molar-refractivity contribution in [2.45, 2.75) is 6.10 Å². The molecule has 0 spiro atoms. The topological polar surface area (TPSA) is 37.4 Å². The highest BCUT2D eigenvalue weighted by Crippen LogP contribution is 2.25. The summed E-state index contributed by atoms with van der Waals surface area (Å²) >= 11 is 1.70. The van der Waals surface area contributed by atoms with Crippen LogP contribution in [0, 0.1) is 0 Å². The molecule has 0 amide bonds. The minimum absolute atomic E-state index is 0.260. The Morgan fingerprint density at radius 3 is 3.22 bits per heavy atom. The molecule has 4 nitrogen and oxygen atoms in total. The lowest BCUT2D eigenvalue weighted by molar-refractivity contribution is -0.0117. The lowest BCUT2D eigenvalue weighted by Gasteiger charge is -2.29. The lowest BCUT2D eigenvalue weighted by Crippen LogP contribution is -2.43. The Morgan fingerprint density at radius 1 is 1.50 bits per heavy atom. The van der Waals surface area contributed by atoms with Crippen molar-refractivity contribution >= 4 is 26.7 Å². The van der Waals surface area contributed by atoms with E-state index in [0.29, 0.717) is 0 Å². The van der Waals surface area contributed by atoms with Crippen LogP contribution in [0.3, 0.4) is 0 Å². The molecule has 1 unspecified atom stereocenters. The molecular weight excluding hydrogens is 246 g/mol. The number of likely N-dealkylation sites (N-methyl/N-ethyl adjacent to an activating group) is 1. The van der Waals surface area contributed by atoms with Gasteiger partial charge in [-0.15, -0.1) is 0 Å². The maximum atomic E-state index is 5.72. The van der Waals surface area contributed by atoms with Gasteiger partial charge in [0.05, 0.1) is 22.9 Å². The van der Waals surface area contributed by atoms with E-state index >= 15 is 0 Å². The largest absolute Gasteiger partial charge is 0.374 e. The van der Waals surface area contributed by atoms with Gasteiger partial charge in [0.15, 0.2) is 5.13 Å². The number of nitrogens with zero attached hydrogens (tertiary/aromatic N) is 2. The number of hydrogen-bond acceptors (Lipinski definition) is 5.